The van der Waals surface area contributed by atoms with Gasteiger partial charge in [-0.15, -0.1) is 0 Å². The van der Waals surface area contributed by atoms with Gasteiger partial charge in [-0.3, -0.25) is 4.79 Å². The van der Waals surface area contributed by atoms with Crippen molar-refractivity contribution < 1.29 is 14.1 Å². The van der Waals surface area contributed by atoms with E-state index >= 15 is 0 Å². The lowest BCUT2D eigenvalue weighted by molar-refractivity contribution is 0.0749. The van der Waals surface area contributed by atoms with Crippen molar-refractivity contribution in [1.82, 2.24) is 10.1 Å². The van der Waals surface area contributed by atoms with Crippen LogP contribution >= 0.6 is 0 Å². The van der Waals surface area contributed by atoms with Gasteiger partial charge in [0.1, 0.15) is 11.4 Å². The summed E-state index contributed by atoms with van der Waals surface area (Å²) in [4.78, 5) is 14.4. The van der Waals surface area contributed by atoms with Gasteiger partial charge in [-0.1, -0.05) is 22.9 Å². The predicted molar refractivity (Wildman–Crippen MR) is 100 cm³/mol. The number of benzene rings is 2. The number of methoxy groups -OCH3 is 1. The minimum absolute atomic E-state index is 0.0125. The van der Waals surface area contributed by atoms with Crippen molar-refractivity contribution in [3.63, 3.8) is 0 Å². The van der Waals surface area contributed by atoms with E-state index in [4.69, 9.17) is 9.26 Å². The molecule has 0 aliphatic rings. The van der Waals surface area contributed by atoms with Gasteiger partial charge in [-0.25, -0.2) is 0 Å². The third kappa shape index (κ3) is 3.94. The number of carbonyl (C=O) groups excluding carboxylic acids is 1. The molecule has 0 radical (unpaired) electrons. The lowest BCUT2D eigenvalue weighted by Gasteiger charge is -2.19. The molecular weight excluding hydrogens is 328 g/mol. The Morgan fingerprint density at radius 2 is 1.81 bits per heavy atom. The van der Waals surface area contributed by atoms with Crippen molar-refractivity contribution >= 4 is 5.91 Å². The van der Waals surface area contributed by atoms with E-state index in [1.165, 1.54) is 0 Å². The van der Waals surface area contributed by atoms with Crippen LogP contribution in [0.25, 0.3) is 11.3 Å². The first-order chi connectivity index (χ1) is 12.6. The summed E-state index contributed by atoms with van der Waals surface area (Å²) >= 11 is 0. The second kappa shape index (κ2) is 7.87. The van der Waals surface area contributed by atoms with E-state index in [2.05, 4.69) is 5.16 Å². The number of hydrogen-bond acceptors (Lipinski definition) is 4. The van der Waals surface area contributed by atoms with Gasteiger partial charge in [0.15, 0.2) is 5.76 Å². The molecule has 0 aliphatic carbocycles. The van der Waals surface area contributed by atoms with E-state index in [1.807, 2.05) is 68.4 Å². The summed E-state index contributed by atoms with van der Waals surface area (Å²) < 4.78 is 10.6. The predicted octanol–water partition coefficient (Wildman–Crippen LogP) is 4.32. The molecule has 26 heavy (non-hydrogen) atoms. The Morgan fingerprint density at radius 3 is 2.42 bits per heavy atom. The monoisotopic (exact) mass is 350 g/mol. The van der Waals surface area contributed by atoms with Crippen molar-refractivity contribution in [2.24, 2.45) is 0 Å². The zero-order valence-electron chi connectivity index (χ0n) is 15.2. The fourth-order valence-corrected chi connectivity index (χ4v) is 2.68. The average Bonchev–Trinajstić information content (AvgIpc) is 3.15. The molecule has 0 saturated carbocycles. The lowest BCUT2D eigenvalue weighted by Crippen LogP contribution is -2.30. The molecule has 0 aliphatic heterocycles. The minimum Gasteiger partial charge on any atom is -0.497 e. The normalized spacial score (nSPS) is 10.6. The minimum atomic E-state index is -0.0125. The molecule has 0 N–H and O–H groups in total. The van der Waals surface area contributed by atoms with Crippen LogP contribution < -0.4 is 4.74 Å². The molecule has 0 fully saturated rings. The number of rotatable bonds is 6. The van der Waals surface area contributed by atoms with Crippen LogP contribution in [0, 0.1) is 6.92 Å². The maximum atomic E-state index is 12.7. The molecule has 2 aromatic carbocycles. The Kier molecular flexibility index (Phi) is 5.37. The van der Waals surface area contributed by atoms with Crippen LogP contribution in [-0.4, -0.2) is 29.6 Å². The van der Waals surface area contributed by atoms with Crippen molar-refractivity contribution in [3.05, 3.63) is 71.4 Å². The Morgan fingerprint density at radius 1 is 1.12 bits per heavy atom. The zero-order valence-corrected chi connectivity index (χ0v) is 15.2. The second-order valence-corrected chi connectivity index (χ2v) is 6.10. The van der Waals surface area contributed by atoms with E-state index in [9.17, 15) is 4.79 Å². The number of aromatic nitrogens is 1. The molecule has 0 bridgehead atoms. The molecule has 1 heterocycles. The number of aryl methyl sites for hydroxylation is 1. The van der Waals surface area contributed by atoms with Gasteiger partial charge in [0, 0.05) is 23.7 Å². The molecule has 5 heteroatoms. The first kappa shape index (κ1) is 17.7. The SMILES string of the molecule is CCN(Cc1cc(-c2ccc(OC)cc2)on1)C(=O)c1ccc(C)cc1. The van der Waals surface area contributed by atoms with Crippen molar-refractivity contribution in [1.29, 1.82) is 0 Å². The number of carbonyl (C=O) groups is 1. The highest BCUT2D eigenvalue weighted by Gasteiger charge is 2.17. The van der Waals surface area contributed by atoms with Crippen molar-refractivity contribution in [3.8, 4) is 17.1 Å². The highest BCUT2D eigenvalue weighted by atomic mass is 16.5. The lowest BCUT2D eigenvalue weighted by atomic mass is 10.1. The summed E-state index contributed by atoms with van der Waals surface area (Å²) in [6.07, 6.45) is 0. The molecule has 1 amide bonds. The third-order valence-electron chi connectivity index (χ3n) is 4.25. The summed E-state index contributed by atoms with van der Waals surface area (Å²) in [5.41, 5.74) is 3.44. The molecule has 3 rings (SSSR count). The topological polar surface area (TPSA) is 55.6 Å². The Labute approximate surface area is 153 Å². The maximum absolute atomic E-state index is 12.7. The highest BCUT2D eigenvalue weighted by molar-refractivity contribution is 5.94. The summed E-state index contributed by atoms with van der Waals surface area (Å²) in [6.45, 7) is 4.96. The van der Waals surface area contributed by atoms with Gasteiger partial charge in [0.05, 0.1) is 13.7 Å². The number of ether oxygens (including phenoxy) is 1. The quantitative estimate of drug-likeness (QED) is 0.664. The van der Waals surface area contributed by atoms with Crippen LogP contribution in [0.2, 0.25) is 0 Å². The van der Waals surface area contributed by atoms with Crippen LogP contribution in [0.5, 0.6) is 5.75 Å². The third-order valence-corrected chi connectivity index (χ3v) is 4.25. The maximum Gasteiger partial charge on any atom is 0.254 e. The molecule has 0 atom stereocenters. The largest absolute Gasteiger partial charge is 0.497 e. The molecule has 1 aromatic heterocycles. The van der Waals surface area contributed by atoms with Crippen molar-refractivity contribution in [2.75, 3.05) is 13.7 Å². The smallest absolute Gasteiger partial charge is 0.254 e. The summed E-state index contributed by atoms with van der Waals surface area (Å²) in [7, 11) is 1.63. The van der Waals surface area contributed by atoms with Crippen LogP contribution in [0.3, 0.4) is 0 Å². The standard InChI is InChI=1S/C21H22N2O3/c1-4-23(21(24)17-7-5-15(2)6-8-17)14-18-13-20(26-22-18)16-9-11-19(25-3)12-10-16/h5-13H,4,14H2,1-3H3. The van der Waals surface area contributed by atoms with Crippen LogP contribution in [-0.2, 0) is 6.54 Å². The molecular formula is C21H22N2O3. The van der Waals surface area contributed by atoms with Crippen molar-refractivity contribution in [2.45, 2.75) is 20.4 Å². The first-order valence-electron chi connectivity index (χ1n) is 8.56. The van der Waals surface area contributed by atoms with E-state index in [0.717, 1.165) is 22.6 Å². The highest BCUT2D eigenvalue weighted by Crippen LogP contribution is 2.23. The van der Waals surface area contributed by atoms with E-state index < -0.39 is 0 Å². The van der Waals surface area contributed by atoms with E-state index in [1.54, 1.807) is 12.0 Å². The van der Waals surface area contributed by atoms with Gasteiger partial charge in [0.25, 0.3) is 5.91 Å². The Balaban J connectivity index is 1.73. The number of amides is 1. The molecule has 0 saturated heterocycles. The fraction of sp³-hybridized carbons (Fsp3) is 0.238. The van der Waals surface area contributed by atoms with Gasteiger partial charge >= 0.3 is 0 Å². The summed E-state index contributed by atoms with van der Waals surface area (Å²) in [5.74, 6) is 1.44. The number of hydrogen-bond donors (Lipinski definition) is 0. The molecule has 5 nitrogen and oxygen atoms in total. The molecule has 134 valence electrons. The van der Waals surface area contributed by atoms with E-state index in [-0.39, 0.29) is 5.91 Å². The van der Waals surface area contributed by atoms with Crippen LogP contribution in [0.1, 0.15) is 28.5 Å². The number of nitrogens with zero attached hydrogens (tertiary/aromatic N) is 2. The Bertz CT molecular complexity index is 867. The summed E-state index contributed by atoms with van der Waals surface area (Å²) in [5, 5.41) is 4.11. The average molecular weight is 350 g/mol. The van der Waals surface area contributed by atoms with Gasteiger partial charge in [-0.05, 0) is 50.2 Å². The second-order valence-electron chi connectivity index (χ2n) is 6.10. The molecule has 0 unspecified atom stereocenters. The fourth-order valence-electron chi connectivity index (χ4n) is 2.68. The van der Waals surface area contributed by atoms with Crippen LogP contribution in [0.15, 0.2) is 59.1 Å². The van der Waals surface area contributed by atoms with Gasteiger partial charge in [-0.2, -0.15) is 0 Å². The van der Waals surface area contributed by atoms with Gasteiger partial charge < -0.3 is 14.2 Å². The van der Waals surface area contributed by atoms with Gasteiger partial charge in [0.2, 0.25) is 0 Å². The summed E-state index contributed by atoms with van der Waals surface area (Å²) in [6, 6.07) is 17.0. The Hall–Kier alpha value is -3.08. The van der Waals surface area contributed by atoms with Crippen LogP contribution in [0.4, 0.5) is 0 Å². The molecule has 0 spiro atoms. The zero-order chi connectivity index (χ0) is 18.5. The van der Waals surface area contributed by atoms with E-state index in [0.29, 0.717) is 24.4 Å². The molecule has 3 aromatic rings. The first-order valence-corrected chi connectivity index (χ1v) is 8.56.